The van der Waals surface area contributed by atoms with Gasteiger partial charge in [-0.3, -0.25) is 4.79 Å². The van der Waals surface area contributed by atoms with Crippen LogP contribution in [0.1, 0.15) is 18.7 Å². The molecule has 2 aromatic rings. The van der Waals surface area contributed by atoms with Crippen molar-refractivity contribution in [1.82, 2.24) is 20.6 Å². The van der Waals surface area contributed by atoms with Gasteiger partial charge in [0.15, 0.2) is 0 Å². The van der Waals surface area contributed by atoms with E-state index in [1.807, 2.05) is 7.05 Å². The maximum atomic E-state index is 13.0. The summed E-state index contributed by atoms with van der Waals surface area (Å²) in [5, 5.41) is 5.77. The minimum atomic E-state index is -0.307. The van der Waals surface area contributed by atoms with Crippen LogP contribution in [-0.4, -0.2) is 29.5 Å². The highest BCUT2D eigenvalue weighted by molar-refractivity contribution is 5.85. The summed E-state index contributed by atoms with van der Waals surface area (Å²) in [4.78, 5) is 18.8. The predicted molar refractivity (Wildman–Crippen MR) is 85.6 cm³/mol. The smallest absolute Gasteiger partial charge is 0.220 e. The van der Waals surface area contributed by atoms with Crippen LogP contribution >= 0.6 is 24.8 Å². The van der Waals surface area contributed by atoms with Gasteiger partial charge in [0.2, 0.25) is 5.91 Å². The maximum Gasteiger partial charge on any atom is 0.220 e. The van der Waals surface area contributed by atoms with E-state index in [-0.39, 0.29) is 36.5 Å². The molecule has 0 saturated carbocycles. The molecule has 0 unspecified atom stereocenters. The summed E-state index contributed by atoms with van der Waals surface area (Å²) >= 11 is 0. The van der Waals surface area contributed by atoms with E-state index in [2.05, 4.69) is 20.6 Å². The average Bonchev–Trinajstić information content (AvgIpc) is 2.78. The van der Waals surface area contributed by atoms with Crippen molar-refractivity contribution in [3.63, 3.8) is 0 Å². The zero-order valence-electron chi connectivity index (χ0n) is 11.6. The van der Waals surface area contributed by atoms with E-state index in [9.17, 15) is 9.18 Å². The summed E-state index contributed by atoms with van der Waals surface area (Å²) in [7, 11) is 1.85. The Morgan fingerprint density at radius 1 is 1.38 bits per heavy atom. The van der Waals surface area contributed by atoms with Gasteiger partial charge in [-0.15, -0.1) is 24.8 Å². The van der Waals surface area contributed by atoms with Gasteiger partial charge < -0.3 is 15.6 Å². The van der Waals surface area contributed by atoms with Gasteiger partial charge in [0, 0.05) is 6.42 Å². The standard InChI is InChI=1S/C13H17FN4O.2ClH/c1-15-6-2-3-13(19)16-8-12-17-10-5-4-9(14)7-11(10)18-12;;/h4-5,7,15H,2-3,6,8H2,1H3,(H,16,19)(H,17,18);2*1H. The average molecular weight is 337 g/mol. The molecule has 118 valence electrons. The fourth-order valence-electron chi connectivity index (χ4n) is 1.81. The first-order valence-corrected chi connectivity index (χ1v) is 6.24. The Bertz CT molecular complexity index is 576. The molecule has 0 fully saturated rings. The summed E-state index contributed by atoms with van der Waals surface area (Å²) < 4.78 is 13.0. The summed E-state index contributed by atoms with van der Waals surface area (Å²) in [6.07, 6.45) is 1.28. The van der Waals surface area contributed by atoms with Crippen molar-refractivity contribution in [2.75, 3.05) is 13.6 Å². The molecule has 2 rings (SSSR count). The van der Waals surface area contributed by atoms with E-state index in [0.717, 1.165) is 13.0 Å². The molecule has 0 radical (unpaired) electrons. The lowest BCUT2D eigenvalue weighted by atomic mass is 10.3. The number of hydrogen-bond acceptors (Lipinski definition) is 3. The SMILES string of the molecule is CNCCCC(=O)NCc1nc2ccc(F)cc2[nH]1.Cl.Cl. The number of carbonyl (C=O) groups excluding carboxylic acids is 1. The third-order valence-electron chi connectivity index (χ3n) is 2.78. The van der Waals surface area contributed by atoms with Crippen LogP contribution < -0.4 is 10.6 Å². The Labute approximate surface area is 134 Å². The third-order valence-corrected chi connectivity index (χ3v) is 2.78. The number of carbonyl (C=O) groups is 1. The largest absolute Gasteiger partial charge is 0.349 e. The van der Waals surface area contributed by atoms with Gasteiger partial charge in [0.05, 0.1) is 17.6 Å². The second kappa shape index (κ2) is 9.55. The van der Waals surface area contributed by atoms with Crippen molar-refractivity contribution in [3.8, 4) is 0 Å². The number of imidazole rings is 1. The molecule has 0 aliphatic heterocycles. The van der Waals surface area contributed by atoms with Crippen LogP contribution in [0.15, 0.2) is 18.2 Å². The third kappa shape index (κ3) is 5.87. The zero-order chi connectivity index (χ0) is 13.7. The van der Waals surface area contributed by atoms with E-state index in [1.165, 1.54) is 12.1 Å². The Hall–Kier alpha value is -1.37. The van der Waals surface area contributed by atoms with Gasteiger partial charge in [-0.05, 0) is 38.2 Å². The first-order chi connectivity index (χ1) is 9.19. The Morgan fingerprint density at radius 2 is 2.14 bits per heavy atom. The molecule has 1 heterocycles. The summed E-state index contributed by atoms with van der Waals surface area (Å²) in [6, 6.07) is 4.36. The van der Waals surface area contributed by atoms with Crippen molar-refractivity contribution in [1.29, 1.82) is 0 Å². The van der Waals surface area contributed by atoms with Crippen LogP contribution in [0.25, 0.3) is 11.0 Å². The minimum Gasteiger partial charge on any atom is -0.349 e. The van der Waals surface area contributed by atoms with Crippen molar-refractivity contribution in [2.45, 2.75) is 19.4 Å². The normalized spacial score (nSPS) is 9.81. The molecule has 21 heavy (non-hydrogen) atoms. The predicted octanol–water partition coefficient (Wildman–Crippen LogP) is 2.16. The number of amides is 1. The van der Waals surface area contributed by atoms with Crippen LogP contribution in [-0.2, 0) is 11.3 Å². The Kier molecular flexibility index (Phi) is 8.92. The number of aromatic amines is 1. The molecule has 1 aromatic heterocycles. The van der Waals surface area contributed by atoms with E-state index in [0.29, 0.717) is 29.8 Å². The molecule has 1 amide bonds. The number of halogens is 3. The highest BCUT2D eigenvalue weighted by Gasteiger charge is 2.05. The number of H-pyrrole nitrogens is 1. The number of nitrogens with one attached hydrogen (secondary N) is 3. The number of rotatable bonds is 6. The lowest BCUT2D eigenvalue weighted by Gasteiger charge is -2.02. The Morgan fingerprint density at radius 3 is 2.86 bits per heavy atom. The van der Waals surface area contributed by atoms with Gasteiger partial charge in [0.1, 0.15) is 11.6 Å². The highest BCUT2D eigenvalue weighted by Crippen LogP contribution is 2.12. The molecular formula is C13H19Cl2FN4O. The van der Waals surface area contributed by atoms with Gasteiger partial charge in [-0.25, -0.2) is 9.37 Å². The molecular weight excluding hydrogens is 318 g/mol. The molecule has 0 aliphatic rings. The summed E-state index contributed by atoms with van der Waals surface area (Å²) in [6.45, 7) is 1.14. The lowest BCUT2D eigenvalue weighted by Crippen LogP contribution is -2.24. The fraction of sp³-hybridized carbons (Fsp3) is 0.385. The fourth-order valence-corrected chi connectivity index (χ4v) is 1.81. The molecule has 0 saturated heterocycles. The first kappa shape index (κ1) is 19.6. The van der Waals surface area contributed by atoms with Crippen LogP contribution in [0.5, 0.6) is 0 Å². The molecule has 5 nitrogen and oxygen atoms in total. The van der Waals surface area contributed by atoms with Crippen LogP contribution in [0.4, 0.5) is 4.39 Å². The zero-order valence-corrected chi connectivity index (χ0v) is 13.2. The number of fused-ring (bicyclic) bond motifs is 1. The molecule has 3 N–H and O–H groups in total. The molecule has 0 spiro atoms. The topological polar surface area (TPSA) is 69.8 Å². The molecule has 0 bridgehead atoms. The monoisotopic (exact) mass is 336 g/mol. The van der Waals surface area contributed by atoms with Crippen LogP contribution in [0.2, 0.25) is 0 Å². The second-order valence-electron chi connectivity index (χ2n) is 4.33. The van der Waals surface area contributed by atoms with Crippen molar-refractivity contribution >= 4 is 41.8 Å². The second-order valence-corrected chi connectivity index (χ2v) is 4.33. The number of hydrogen-bond donors (Lipinski definition) is 3. The van der Waals surface area contributed by atoms with E-state index in [4.69, 9.17) is 0 Å². The molecule has 1 aromatic carbocycles. The van der Waals surface area contributed by atoms with Gasteiger partial charge in [0.25, 0.3) is 0 Å². The minimum absolute atomic E-state index is 0. The lowest BCUT2D eigenvalue weighted by molar-refractivity contribution is -0.121. The van der Waals surface area contributed by atoms with Crippen molar-refractivity contribution in [3.05, 3.63) is 29.8 Å². The quantitative estimate of drug-likeness (QED) is 0.708. The van der Waals surface area contributed by atoms with Gasteiger partial charge in [-0.1, -0.05) is 0 Å². The van der Waals surface area contributed by atoms with E-state index in [1.54, 1.807) is 6.07 Å². The van der Waals surface area contributed by atoms with E-state index >= 15 is 0 Å². The van der Waals surface area contributed by atoms with Crippen molar-refractivity contribution in [2.24, 2.45) is 0 Å². The number of benzene rings is 1. The van der Waals surface area contributed by atoms with Gasteiger partial charge in [-0.2, -0.15) is 0 Å². The first-order valence-electron chi connectivity index (χ1n) is 6.24. The summed E-state index contributed by atoms with van der Waals surface area (Å²) in [5.41, 5.74) is 1.33. The number of aromatic nitrogens is 2. The van der Waals surface area contributed by atoms with Gasteiger partial charge >= 0.3 is 0 Å². The summed E-state index contributed by atoms with van der Waals surface area (Å²) in [5.74, 6) is 0.309. The van der Waals surface area contributed by atoms with Crippen LogP contribution in [0, 0.1) is 5.82 Å². The Balaban J connectivity index is 0.00000200. The van der Waals surface area contributed by atoms with Crippen LogP contribution in [0.3, 0.4) is 0 Å². The molecule has 8 heteroatoms. The maximum absolute atomic E-state index is 13.0. The van der Waals surface area contributed by atoms with E-state index < -0.39 is 0 Å². The highest BCUT2D eigenvalue weighted by atomic mass is 35.5. The number of nitrogens with zero attached hydrogens (tertiary/aromatic N) is 1. The van der Waals surface area contributed by atoms with Crippen molar-refractivity contribution < 1.29 is 9.18 Å². The molecule has 0 aliphatic carbocycles. The molecule has 0 atom stereocenters.